The van der Waals surface area contributed by atoms with Crippen LogP contribution in [0, 0.1) is 0 Å². The topological polar surface area (TPSA) is 65.0 Å². The number of carboxylic acids is 1. The van der Waals surface area contributed by atoms with Crippen molar-refractivity contribution < 1.29 is 24.1 Å². The lowest BCUT2D eigenvalue weighted by Gasteiger charge is -2.24. The number of rotatable bonds is 6. The van der Waals surface area contributed by atoms with Crippen LogP contribution in [0.25, 0.3) is 6.08 Å². The van der Waals surface area contributed by atoms with Crippen molar-refractivity contribution in [2.75, 3.05) is 21.3 Å². The predicted octanol–water partition coefficient (Wildman–Crippen LogP) is 1.99. The minimum Gasteiger partial charge on any atom is -0.478 e. The molecular weight excluding hydrogens is 236 g/mol. The maximum Gasteiger partial charge on any atom is 0.335 e. The zero-order valence-corrected chi connectivity index (χ0v) is 10.5. The van der Waals surface area contributed by atoms with E-state index in [1.807, 2.05) is 0 Å². The van der Waals surface area contributed by atoms with E-state index in [2.05, 4.69) is 0 Å². The van der Waals surface area contributed by atoms with Crippen LogP contribution in [0.3, 0.4) is 0 Å². The van der Waals surface area contributed by atoms with Gasteiger partial charge in [-0.3, -0.25) is 0 Å². The summed E-state index contributed by atoms with van der Waals surface area (Å²) in [6, 6.07) is 6.51. The summed E-state index contributed by atoms with van der Waals surface area (Å²) in [7, 11) is 4.35. The highest BCUT2D eigenvalue weighted by molar-refractivity contribution is 5.88. The summed E-state index contributed by atoms with van der Waals surface area (Å²) in [6.45, 7) is 0. The van der Waals surface area contributed by atoms with Gasteiger partial charge in [0.05, 0.1) is 5.56 Å². The Bertz CT molecular complexity index is 426. The van der Waals surface area contributed by atoms with Gasteiger partial charge in [-0.05, 0) is 17.7 Å². The van der Waals surface area contributed by atoms with E-state index in [0.29, 0.717) is 5.56 Å². The fraction of sp³-hybridized carbons (Fsp3) is 0.308. The third-order valence-corrected chi connectivity index (χ3v) is 2.47. The lowest BCUT2D eigenvalue weighted by atomic mass is 10.1. The van der Waals surface area contributed by atoms with E-state index in [4.69, 9.17) is 19.3 Å². The van der Waals surface area contributed by atoms with E-state index >= 15 is 0 Å². The average molecular weight is 252 g/mol. The van der Waals surface area contributed by atoms with Crippen molar-refractivity contribution in [2.24, 2.45) is 0 Å². The largest absolute Gasteiger partial charge is 0.478 e. The Morgan fingerprint density at radius 2 is 1.83 bits per heavy atom. The second-order valence-electron chi connectivity index (χ2n) is 3.48. The number of carboxylic acid groups (broad SMARTS) is 1. The number of aromatic carboxylic acids is 1. The van der Waals surface area contributed by atoms with Gasteiger partial charge in [0.2, 0.25) is 0 Å². The van der Waals surface area contributed by atoms with Crippen LogP contribution in [0.4, 0.5) is 0 Å². The van der Waals surface area contributed by atoms with Crippen molar-refractivity contribution in [3.8, 4) is 0 Å². The Morgan fingerprint density at radius 1 is 1.22 bits per heavy atom. The molecule has 0 heterocycles. The van der Waals surface area contributed by atoms with E-state index in [-0.39, 0.29) is 5.56 Å². The summed E-state index contributed by atoms with van der Waals surface area (Å²) < 4.78 is 15.3. The number of ether oxygens (including phenoxy) is 3. The molecule has 1 aromatic rings. The molecule has 0 saturated heterocycles. The van der Waals surface area contributed by atoms with Gasteiger partial charge < -0.3 is 19.3 Å². The van der Waals surface area contributed by atoms with Crippen LogP contribution in [0.15, 0.2) is 30.3 Å². The number of methoxy groups -OCH3 is 3. The molecule has 0 bridgehead atoms. The molecule has 0 atom stereocenters. The van der Waals surface area contributed by atoms with E-state index in [9.17, 15) is 4.79 Å². The van der Waals surface area contributed by atoms with Crippen LogP contribution in [0.2, 0.25) is 0 Å². The quantitative estimate of drug-likeness (QED) is 0.784. The highest BCUT2D eigenvalue weighted by Crippen LogP contribution is 2.16. The minimum atomic E-state index is -1.26. The average Bonchev–Trinajstić information content (AvgIpc) is 2.41. The van der Waals surface area contributed by atoms with Gasteiger partial charge in [-0.25, -0.2) is 4.79 Å². The molecule has 0 fully saturated rings. The first-order chi connectivity index (χ1) is 8.56. The smallest absolute Gasteiger partial charge is 0.335 e. The van der Waals surface area contributed by atoms with Crippen molar-refractivity contribution in [3.63, 3.8) is 0 Å². The maximum absolute atomic E-state index is 10.8. The molecule has 0 aliphatic carbocycles. The number of carbonyl (C=O) groups is 1. The van der Waals surface area contributed by atoms with Gasteiger partial charge in [-0.2, -0.15) is 0 Å². The van der Waals surface area contributed by atoms with E-state index in [0.717, 1.165) is 0 Å². The van der Waals surface area contributed by atoms with Crippen molar-refractivity contribution >= 4 is 12.0 Å². The summed E-state index contributed by atoms with van der Waals surface area (Å²) in [5.74, 6) is -2.24. The van der Waals surface area contributed by atoms with Crippen molar-refractivity contribution in [1.82, 2.24) is 0 Å². The standard InChI is InChI=1S/C13H16O5/c1-16-13(17-2,18-3)8-7-10-5-4-6-11(9-10)12(14)15/h4-9H,1-3H3,(H,14,15)/b8-7+. The van der Waals surface area contributed by atoms with Gasteiger partial charge in [0, 0.05) is 27.4 Å². The van der Waals surface area contributed by atoms with Gasteiger partial charge in [0.1, 0.15) is 0 Å². The van der Waals surface area contributed by atoms with Crippen LogP contribution in [0.5, 0.6) is 0 Å². The zero-order chi connectivity index (χ0) is 13.6. The van der Waals surface area contributed by atoms with Crippen molar-refractivity contribution in [3.05, 3.63) is 41.5 Å². The van der Waals surface area contributed by atoms with Crippen molar-refractivity contribution in [1.29, 1.82) is 0 Å². The molecule has 5 heteroatoms. The monoisotopic (exact) mass is 252 g/mol. The van der Waals surface area contributed by atoms with Crippen molar-refractivity contribution in [2.45, 2.75) is 5.97 Å². The van der Waals surface area contributed by atoms with E-state index < -0.39 is 11.9 Å². The molecule has 0 aromatic heterocycles. The SMILES string of the molecule is COC(/C=C/c1cccc(C(=O)O)c1)(OC)OC. The molecule has 0 aliphatic heterocycles. The molecule has 5 nitrogen and oxygen atoms in total. The molecule has 98 valence electrons. The van der Waals surface area contributed by atoms with Gasteiger partial charge in [0.15, 0.2) is 0 Å². The third-order valence-electron chi connectivity index (χ3n) is 2.47. The molecule has 0 amide bonds. The lowest BCUT2D eigenvalue weighted by Crippen LogP contribution is -2.33. The van der Waals surface area contributed by atoms with Crippen LogP contribution in [0.1, 0.15) is 15.9 Å². The van der Waals surface area contributed by atoms with E-state index in [1.165, 1.54) is 27.4 Å². The summed E-state index contributed by atoms with van der Waals surface area (Å²) in [5, 5.41) is 8.88. The van der Waals surface area contributed by atoms with Gasteiger partial charge in [0.25, 0.3) is 0 Å². The highest BCUT2D eigenvalue weighted by atomic mass is 16.9. The Hall–Kier alpha value is -1.69. The Morgan fingerprint density at radius 3 is 2.33 bits per heavy atom. The number of hydrogen-bond donors (Lipinski definition) is 1. The summed E-state index contributed by atoms with van der Waals surface area (Å²) in [6.07, 6.45) is 3.23. The summed E-state index contributed by atoms with van der Waals surface area (Å²) >= 11 is 0. The van der Waals surface area contributed by atoms with E-state index in [1.54, 1.807) is 30.4 Å². The summed E-state index contributed by atoms with van der Waals surface area (Å²) in [5.41, 5.74) is 0.931. The molecule has 0 saturated carbocycles. The fourth-order valence-corrected chi connectivity index (χ4v) is 1.43. The Kier molecular flexibility index (Phi) is 5.03. The molecule has 1 aromatic carbocycles. The lowest BCUT2D eigenvalue weighted by molar-refractivity contribution is -0.318. The number of hydrogen-bond acceptors (Lipinski definition) is 4. The normalized spacial score (nSPS) is 11.9. The zero-order valence-electron chi connectivity index (χ0n) is 10.5. The third kappa shape index (κ3) is 3.40. The Labute approximate surface area is 106 Å². The second kappa shape index (κ2) is 6.30. The first kappa shape index (κ1) is 14.4. The van der Waals surface area contributed by atoms with Gasteiger partial charge in [-0.1, -0.05) is 18.2 Å². The minimum absolute atomic E-state index is 0.218. The second-order valence-corrected chi connectivity index (χ2v) is 3.48. The first-order valence-electron chi connectivity index (χ1n) is 5.25. The van der Waals surface area contributed by atoms with Gasteiger partial charge >= 0.3 is 11.9 Å². The van der Waals surface area contributed by atoms with Gasteiger partial charge in [-0.15, -0.1) is 0 Å². The Balaban J connectivity index is 2.96. The van der Waals surface area contributed by atoms with Crippen LogP contribution in [-0.4, -0.2) is 38.4 Å². The molecule has 0 unspecified atom stereocenters. The van der Waals surface area contributed by atoms with Crippen LogP contribution in [-0.2, 0) is 14.2 Å². The fourth-order valence-electron chi connectivity index (χ4n) is 1.43. The summed E-state index contributed by atoms with van der Waals surface area (Å²) in [4.78, 5) is 10.8. The molecule has 1 rings (SSSR count). The molecule has 0 radical (unpaired) electrons. The molecule has 1 N–H and O–H groups in total. The predicted molar refractivity (Wildman–Crippen MR) is 66.2 cm³/mol. The molecule has 0 spiro atoms. The highest BCUT2D eigenvalue weighted by Gasteiger charge is 2.25. The van der Waals surface area contributed by atoms with Crippen LogP contribution >= 0.6 is 0 Å². The molecule has 0 aliphatic rings. The first-order valence-corrected chi connectivity index (χ1v) is 5.25. The molecule has 18 heavy (non-hydrogen) atoms. The molecular formula is C13H16O5. The van der Waals surface area contributed by atoms with Crippen LogP contribution < -0.4 is 0 Å². The maximum atomic E-state index is 10.8. The number of benzene rings is 1.